The molecule has 2 atom stereocenters. The van der Waals surface area contributed by atoms with Crippen molar-refractivity contribution < 1.29 is 19.1 Å². The molecule has 5 nitrogen and oxygen atoms in total. The number of ether oxygens (including phenoxy) is 2. The SMILES string of the molecule is CCC1C(C(=O)OCCl)CCN1C(=O)OC(C)(C)C. The number of amides is 1. The number of alkyl halides is 1. The van der Waals surface area contributed by atoms with Crippen molar-refractivity contribution >= 4 is 23.7 Å². The summed E-state index contributed by atoms with van der Waals surface area (Å²) in [6.07, 6.45) is 0.898. The fourth-order valence-corrected chi connectivity index (χ4v) is 2.45. The molecule has 1 aliphatic heterocycles. The lowest BCUT2D eigenvalue weighted by atomic mass is 9.99. The third-order valence-electron chi connectivity index (χ3n) is 3.09. The lowest BCUT2D eigenvalue weighted by Gasteiger charge is -2.29. The van der Waals surface area contributed by atoms with Crippen LogP contribution in [0.4, 0.5) is 4.79 Å². The van der Waals surface area contributed by atoms with Crippen molar-refractivity contribution in [1.29, 1.82) is 0 Å². The molecule has 1 fully saturated rings. The van der Waals surface area contributed by atoms with Crippen LogP contribution in [0.1, 0.15) is 40.5 Å². The van der Waals surface area contributed by atoms with E-state index in [0.29, 0.717) is 19.4 Å². The lowest BCUT2D eigenvalue weighted by Crippen LogP contribution is -2.42. The normalized spacial score (nSPS) is 23.3. The average molecular weight is 292 g/mol. The van der Waals surface area contributed by atoms with Crippen LogP contribution in [-0.4, -0.2) is 41.2 Å². The molecule has 1 heterocycles. The van der Waals surface area contributed by atoms with Crippen LogP contribution in [0.2, 0.25) is 0 Å². The van der Waals surface area contributed by atoms with Gasteiger partial charge in [-0.2, -0.15) is 0 Å². The predicted octanol–water partition coefficient (Wildman–Crippen LogP) is 2.76. The Labute approximate surface area is 119 Å². The summed E-state index contributed by atoms with van der Waals surface area (Å²) in [5.41, 5.74) is -0.538. The zero-order valence-electron chi connectivity index (χ0n) is 11.9. The molecule has 1 aliphatic rings. The largest absolute Gasteiger partial charge is 0.449 e. The van der Waals surface area contributed by atoms with E-state index in [1.165, 1.54) is 0 Å². The Balaban J connectivity index is 2.72. The van der Waals surface area contributed by atoms with Gasteiger partial charge in [-0.3, -0.25) is 4.79 Å². The number of hydrogen-bond donors (Lipinski definition) is 0. The van der Waals surface area contributed by atoms with Gasteiger partial charge in [0.25, 0.3) is 0 Å². The topological polar surface area (TPSA) is 55.8 Å². The van der Waals surface area contributed by atoms with E-state index in [4.69, 9.17) is 21.1 Å². The molecule has 0 saturated carbocycles. The number of likely N-dealkylation sites (tertiary alicyclic amines) is 1. The Kier molecular flexibility index (Phi) is 5.47. The molecule has 1 amide bonds. The van der Waals surface area contributed by atoms with Gasteiger partial charge >= 0.3 is 12.1 Å². The van der Waals surface area contributed by atoms with Crippen LogP contribution in [0.3, 0.4) is 0 Å². The summed E-state index contributed by atoms with van der Waals surface area (Å²) in [6.45, 7) is 7.91. The van der Waals surface area contributed by atoms with Crippen molar-refractivity contribution in [3.05, 3.63) is 0 Å². The standard InChI is InChI=1S/C13H22ClNO4/c1-5-10-9(11(16)18-8-14)6-7-15(10)12(17)19-13(2,3)4/h9-10H,5-8H2,1-4H3. The smallest absolute Gasteiger partial charge is 0.410 e. The van der Waals surface area contributed by atoms with E-state index in [9.17, 15) is 9.59 Å². The van der Waals surface area contributed by atoms with Gasteiger partial charge in [0.15, 0.2) is 6.07 Å². The maximum Gasteiger partial charge on any atom is 0.410 e. The molecular formula is C13H22ClNO4. The highest BCUT2D eigenvalue weighted by atomic mass is 35.5. The van der Waals surface area contributed by atoms with Gasteiger partial charge in [-0.15, -0.1) is 0 Å². The lowest BCUT2D eigenvalue weighted by molar-refractivity contribution is -0.147. The number of esters is 1. The van der Waals surface area contributed by atoms with E-state index in [1.54, 1.807) is 4.90 Å². The van der Waals surface area contributed by atoms with E-state index in [2.05, 4.69) is 0 Å². The van der Waals surface area contributed by atoms with Crippen LogP contribution in [-0.2, 0) is 14.3 Å². The third-order valence-corrected chi connectivity index (χ3v) is 3.20. The highest BCUT2D eigenvalue weighted by molar-refractivity contribution is 6.17. The predicted molar refractivity (Wildman–Crippen MR) is 71.9 cm³/mol. The highest BCUT2D eigenvalue weighted by Crippen LogP contribution is 2.29. The van der Waals surface area contributed by atoms with Crippen LogP contribution in [0.25, 0.3) is 0 Å². The first-order valence-electron chi connectivity index (χ1n) is 6.52. The Hall–Kier alpha value is -0.970. The maximum absolute atomic E-state index is 12.1. The minimum absolute atomic E-state index is 0.155. The van der Waals surface area contributed by atoms with E-state index in [1.807, 2.05) is 27.7 Å². The van der Waals surface area contributed by atoms with Crippen molar-refractivity contribution in [3.8, 4) is 0 Å². The first-order chi connectivity index (χ1) is 8.80. The molecule has 0 radical (unpaired) electrons. The summed E-state index contributed by atoms with van der Waals surface area (Å²) in [7, 11) is 0. The Morgan fingerprint density at radius 2 is 2.00 bits per heavy atom. The summed E-state index contributed by atoms with van der Waals surface area (Å²) in [5.74, 6) is -0.649. The number of carbonyl (C=O) groups excluding carboxylic acids is 2. The number of nitrogens with zero attached hydrogens (tertiary/aromatic N) is 1. The molecule has 19 heavy (non-hydrogen) atoms. The van der Waals surface area contributed by atoms with Gasteiger partial charge in [-0.1, -0.05) is 18.5 Å². The molecule has 0 N–H and O–H groups in total. The highest BCUT2D eigenvalue weighted by Gasteiger charge is 2.42. The van der Waals surface area contributed by atoms with Gasteiger partial charge in [0.1, 0.15) is 5.60 Å². The molecule has 0 aliphatic carbocycles. The zero-order chi connectivity index (χ0) is 14.6. The Morgan fingerprint density at radius 1 is 1.37 bits per heavy atom. The van der Waals surface area contributed by atoms with Crippen molar-refractivity contribution in [1.82, 2.24) is 4.90 Å². The second-order valence-electron chi connectivity index (χ2n) is 5.62. The fraction of sp³-hybridized carbons (Fsp3) is 0.846. The van der Waals surface area contributed by atoms with Crippen molar-refractivity contribution in [2.45, 2.75) is 52.2 Å². The van der Waals surface area contributed by atoms with Crippen molar-refractivity contribution in [2.75, 3.05) is 12.6 Å². The molecule has 1 saturated heterocycles. The second kappa shape index (κ2) is 6.46. The number of carbonyl (C=O) groups is 2. The van der Waals surface area contributed by atoms with E-state index >= 15 is 0 Å². The maximum atomic E-state index is 12.1. The van der Waals surface area contributed by atoms with Gasteiger partial charge < -0.3 is 14.4 Å². The average Bonchev–Trinajstić information content (AvgIpc) is 2.70. The van der Waals surface area contributed by atoms with Crippen LogP contribution in [0.15, 0.2) is 0 Å². The minimum Gasteiger partial charge on any atom is -0.449 e. The molecule has 0 bridgehead atoms. The van der Waals surface area contributed by atoms with E-state index in [-0.39, 0.29) is 30.1 Å². The zero-order valence-corrected chi connectivity index (χ0v) is 12.7. The first kappa shape index (κ1) is 16.1. The van der Waals surface area contributed by atoms with Crippen LogP contribution in [0.5, 0.6) is 0 Å². The van der Waals surface area contributed by atoms with Crippen LogP contribution in [0, 0.1) is 5.92 Å². The van der Waals surface area contributed by atoms with Crippen molar-refractivity contribution in [2.24, 2.45) is 5.92 Å². The van der Waals surface area contributed by atoms with E-state index in [0.717, 1.165) is 0 Å². The van der Waals surface area contributed by atoms with Gasteiger partial charge in [0.05, 0.1) is 5.92 Å². The van der Waals surface area contributed by atoms with Crippen LogP contribution >= 0.6 is 11.6 Å². The van der Waals surface area contributed by atoms with Crippen molar-refractivity contribution in [3.63, 3.8) is 0 Å². The molecule has 0 spiro atoms. The Bertz CT molecular complexity index is 340. The summed E-state index contributed by atoms with van der Waals surface area (Å²) in [6, 6.07) is -0.330. The molecule has 2 unspecified atom stereocenters. The molecule has 0 aromatic heterocycles. The summed E-state index contributed by atoms with van der Waals surface area (Å²) in [4.78, 5) is 25.5. The van der Waals surface area contributed by atoms with Crippen LogP contribution < -0.4 is 0 Å². The quantitative estimate of drug-likeness (QED) is 0.593. The van der Waals surface area contributed by atoms with Gasteiger partial charge in [-0.25, -0.2) is 4.79 Å². The van der Waals surface area contributed by atoms with E-state index < -0.39 is 5.60 Å². The summed E-state index contributed by atoms with van der Waals surface area (Å²) >= 11 is 5.40. The Morgan fingerprint density at radius 3 is 2.47 bits per heavy atom. The minimum atomic E-state index is -0.538. The molecule has 0 aromatic carbocycles. The first-order valence-corrected chi connectivity index (χ1v) is 7.05. The fourth-order valence-electron chi connectivity index (χ4n) is 2.34. The number of halogens is 1. The van der Waals surface area contributed by atoms with Gasteiger partial charge in [0.2, 0.25) is 0 Å². The van der Waals surface area contributed by atoms with Gasteiger partial charge in [-0.05, 0) is 33.6 Å². The molecule has 110 valence electrons. The molecule has 1 rings (SSSR count). The second-order valence-corrected chi connectivity index (χ2v) is 5.84. The summed E-state index contributed by atoms with van der Waals surface area (Å²) in [5, 5.41) is 0. The molecule has 0 aromatic rings. The molecule has 6 heteroatoms. The third kappa shape index (κ3) is 4.27. The monoisotopic (exact) mass is 291 g/mol. The van der Waals surface area contributed by atoms with Gasteiger partial charge in [0, 0.05) is 12.6 Å². The number of hydrogen-bond acceptors (Lipinski definition) is 4. The summed E-state index contributed by atoms with van der Waals surface area (Å²) < 4.78 is 10.2. The molecular weight excluding hydrogens is 270 g/mol. The number of rotatable bonds is 3.